The summed E-state index contributed by atoms with van der Waals surface area (Å²) in [5.41, 5.74) is 8.59. The van der Waals surface area contributed by atoms with Gasteiger partial charge in [-0.3, -0.25) is 0 Å². The second kappa shape index (κ2) is 10.6. The third-order valence-electron chi connectivity index (χ3n) is 5.76. The van der Waals surface area contributed by atoms with E-state index < -0.39 is 0 Å². The third-order valence-corrected chi connectivity index (χ3v) is 8.36. The van der Waals surface area contributed by atoms with Crippen LogP contribution in [0.3, 0.4) is 0 Å². The van der Waals surface area contributed by atoms with E-state index in [1.54, 1.807) is 0 Å². The Morgan fingerprint density at radius 2 is 0.903 bits per heavy atom. The van der Waals surface area contributed by atoms with Gasteiger partial charge >= 0.3 is 194 Å². The van der Waals surface area contributed by atoms with E-state index in [0.717, 1.165) is 25.7 Å². The van der Waals surface area contributed by atoms with E-state index in [2.05, 4.69) is 111 Å². The molecule has 0 atom stereocenters. The molecule has 0 amide bonds. The first-order chi connectivity index (χ1) is 15.2. The molecule has 0 aliphatic heterocycles. The summed E-state index contributed by atoms with van der Waals surface area (Å²) in [5.74, 6) is 0. The van der Waals surface area contributed by atoms with Crippen molar-refractivity contribution in [3.63, 3.8) is 0 Å². The first-order valence-electron chi connectivity index (χ1n) is 11.2. The summed E-state index contributed by atoms with van der Waals surface area (Å²) >= 11 is 0.284. The summed E-state index contributed by atoms with van der Waals surface area (Å²) < 4.78 is 3.01. The summed E-state index contributed by atoms with van der Waals surface area (Å²) in [5, 5.41) is 0. The van der Waals surface area contributed by atoms with Crippen LogP contribution in [0, 0.1) is 0 Å². The predicted octanol–water partition coefficient (Wildman–Crippen LogP) is 5.65. The van der Waals surface area contributed by atoms with Crippen LogP contribution >= 0.6 is 0 Å². The van der Waals surface area contributed by atoms with Crippen molar-refractivity contribution in [1.82, 2.24) is 0 Å². The normalized spacial score (nSPS) is 10.9. The van der Waals surface area contributed by atoms with Gasteiger partial charge in [-0.25, -0.2) is 0 Å². The molecular formula is C30H30Se. The maximum atomic E-state index is 2.43. The minimum atomic E-state index is 0.284. The van der Waals surface area contributed by atoms with Gasteiger partial charge in [-0.15, -0.1) is 0 Å². The van der Waals surface area contributed by atoms with E-state index in [-0.39, 0.29) is 15.0 Å². The molecule has 4 rings (SSSR count). The van der Waals surface area contributed by atoms with Gasteiger partial charge in [0.25, 0.3) is 0 Å². The van der Waals surface area contributed by atoms with Crippen LogP contribution in [0.15, 0.2) is 97.1 Å². The van der Waals surface area contributed by atoms with Gasteiger partial charge in [-0.2, -0.15) is 0 Å². The first kappa shape index (κ1) is 21.6. The second-order valence-corrected chi connectivity index (χ2v) is 10.3. The quantitative estimate of drug-likeness (QED) is 0.293. The van der Waals surface area contributed by atoms with Crippen LogP contribution in [0.1, 0.15) is 47.2 Å². The summed E-state index contributed by atoms with van der Waals surface area (Å²) in [6.45, 7) is 4.49. The average molecular weight is 470 g/mol. The standard InChI is InChI=1S/C30H30Se/c1-3-23-15-17-29(27(19-23)21-25-11-7-5-8-12-25)31-30-18-16-24(4-2)20-28(30)22-26-13-9-6-10-14-26/h5-20H,3-4,21-22H2,1-2H3. The number of rotatable bonds is 8. The zero-order valence-corrected chi connectivity index (χ0v) is 20.2. The summed E-state index contributed by atoms with van der Waals surface area (Å²) in [7, 11) is 0. The molecule has 0 aliphatic carbocycles. The Morgan fingerprint density at radius 1 is 0.484 bits per heavy atom. The molecule has 0 N–H and O–H groups in total. The molecule has 0 aliphatic rings. The van der Waals surface area contributed by atoms with Crippen molar-refractivity contribution < 1.29 is 0 Å². The summed E-state index contributed by atoms with van der Waals surface area (Å²) in [6.07, 6.45) is 4.18. The van der Waals surface area contributed by atoms with E-state index in [0.29, 0.717) is 0 Å². The molecule has 0 unspecified atom stereocenters. The van der Waals surface area contributed by atoms with Gasteiger partial charge in [-0.05, 0) is 0 Å². The second-order valence-electron chi connectivity index (χ2n) is 8.02. The van der Waals surface area contributed by atoms with Crippen molar-refractivity contribution in [1.29, 1.82) is 0 Å². The van der Waals surface area contributed by atoms with Crippen LogP contribution in [-0.2, 0) is 25.7 Å². The van der Waals surface area contributed by atoms with E-state index in [4.69, 9.17) is 0 Å². The Kier molecular flexibility index (Phi) is 7.41. The van der Waals surface area contributed by atoms with Crippen molar-refractivity contribution in [3.8, 4) is 0 Å². The molecule has 4 aromatic carbocycles. The van der Waals surface area contributed by atoms with Gasteiger partial charge in [0.1, 0.15) is 0 Å². The number of benzene rings is 4. The molecule has 31 heavy (non-hydrogen) atoms. The fourth-order valence-corrected chi connectivity index (χ4v) is 6.10. The molecular weight excluding hydrogens is 439 g/mol. The van der Waals surface area contributed by atoms with Crippen molar-refractivity contribution in [2.75, 3.05) is 0 Å². The van der Waals surface area contributed by atoms with Gasteiger partial charge in [0.2, 0.25) is 0 Å². The van der Waals surface area contributed by atoms with Gasteiger partial charge in [-0.1, -0.05) is 0 Å². The fraction of sp³-hybridized carbons (Fsp3) is 0.200. The predicted molar refractivity (Wildman–Crippen MR) is 135 cm³/mol. The van der Waals surface area contributed by atoms with Gasteiger partial charge in [0, 0.05) is 0 Å². The van der Waals surface area contributed by atoms with E-state index >= 15 is 0 Å². The van der Waals surface area contributed by atoms with Crippen LogP contribution in [-0.4, -0.2) is 15.0 Å². The SMILES string of the molecule is CCc1ccc([Se]c2ccc(CC)cc2Cc2ccccc2)c(Cc2ccccc2)c1. The molecule has 0 saturated heterocycles. The maximum absolute atomic E-state index is 2.43. The average Bonchev–Trinajstić information content (AvgIpc) is 2.82. The Hall–Kier alpha value is -2.60. The van der Waals surface area contributed by atoms with E-state index in [1.807, 2.05) is 0 Å². The van der Waals surface area contributed by atoms with Crippen LogP contribution in [0.5, 0.6) is 0 Å². The van der Waals surface area contributed by atoms with Gasteiger partial charge < -0.3 is 0 Å². The van der Waals surface area contributed by atoms with E-state index in [9.17, 15) is 0 Å². The number of hydrogen-bond donors (Lipinski definition) is 0. The molecule has 0 fully saturated rings. The molecule has 0 spiro atoms. The van der Waals surface area contributed by atoms with Crippen molar-refractivity contribution in [3.05, 3.63) is 130 Å². The van der Waals surface area contributed by atoms with Crippen LogP contribution in [0.4, 0.5) is 0 Å². The van der Waals surface area contributed by atoms with Crippen LogP contribution in [0.25, 0.3) is 0 Å². The molecule has 0 aromatic heterocycles. The molecule has 0 radical (unpaired) electrons. The van der Waals surface area contributed by atoms with Crippen LogP contribution < -0.4 is 8.92 Å². The monoisotopic (exact) mass is 470 g/mol. The van der Waals surface area contributed by atoms with Crippen molar-refractivity contribution >= 4 is 23.9 Å². The van der Waals surface area contributed by atoms with E-state index in [1.165, 1.54) is 42.3 Å². The Balaban J connectivity index is 1.68. The van der Waals surface area contributed by atoms with Crippen molar-refractivity contribution in [2.24, 2.45) is 0 Å². The summed E-state index contributed by atoms with van der Waals surface area (Å²) in [4.78, 5) is 0. The molecule has 0 nitrogen and oxygen atoms in total. The van der Waals surface area contributed by atoms with Gasteiger partial charge in [0.15, 0.2) is 0 Å². The number of aryl methyl sites for hydroxylation is 2. The minimum absolute atomic E-state index is 0.284. The topological polar surface area (TPSA) is 0 Å². The Bertz CT molecular complexity index is 1020. The molecule has 0 bridgehead atoms. The molecule has 0 saturated carbocycles. The fourth-order valence-electron chi connectivity index (χ4n) is 3.93. The number of hydrogen-bond acceptors (Lipinski definition) is 0. The third kappa shape index (κ3) is 5.76. The first-order valence-corrected chi connectivity index (χ1v) is 13.0. The molecule has 4 aromatic rings. The van der Waals surface area contributed by atoms with Crippen molar-refractivity contribution in [2.45, 2.75) is 39.5 Å². The van der Waals surface area contributed by atoms with Gasteiger partial charge in [0.05, 0.1) is 0 Å². The Labute approximate surface area is 193 Å². The molecule has 0 heterocycles. The summed E-state index contributed by atoms with van der Waals surface area (Å²) in [6, 6.07) is 36.0. The van der Waals surface area contributed by atoms with Crippen LogP contribution in [0.2, 0.25) is 0 Å². The zero-order valence-electron chi connectivity index (χ0n) is 18.5. The molecule has 1 heteroatoms. The Morgan fingerprint density at radius 3 is 1.29 bits per heavy atom. The molecule has 156 valence electrons. The zero-order chi connectivity index (χ0) is 21.5.